The van der Waals surface area contributed by atoms with Crippen molar-refractivity contribution >= 4 is 5.97 Å². The number of halogens is 5. The van der Waals surface area contributed by atoms with Crippen LogP contribution in [0.15, 0.2) is 97.6 Å². The number of carboxylic acid groups (broad SMARTS) is 1. The summed E-state index contributed by atoms with van der Waals surface area (Å²) in [6.07, 6.45) is 5.74. The van der Waals surface area contributed by atoms with Crippen molar-refractivity contribution in [2.24, 2.45) is 5.92 Å². The summed E-state index contributed by atoms with van der Waals surface area (Å²) in [5.41, 5.74) is 7.78. The molecule has 0 saturated carbocycles. The maximum atomic E-state index is 13.1. The average Bonchev–Trinajstić information content (AvgIpc) is 3.28. The Bertz CT molecular complexity index is 2150. The SMILES string of the molecule is C=CCC1c2ccc(OC)cc2CC[C@@]1(C)c1ccc(OC)cc1.C[C@@]1(c2ccc(O)cc2)CCc2cc(O)ccc2C1CCCCCCCCC(CCCC(F)(F)C(F)(F)F)C(=O)O. The highest BCUT2D eigenvalue weighted by molar-refractivity contribution is 5.69. The van der Waals surface area contributed by atoms with Gasteiger partial charge in [0.25, 0.3) is 0 Å². The number of aliphatic carboxylic acids is 1. The number of unbranched alkanes of at least 4 members (excludes halogenated alkanes) is 5. The highest BCUT2D eigenvalue weighted by Gasteiger charge is 2.56. The van der Waals surface area contributed by atoms with Gasteiger partial charge in [0.1, 0.15) is 23.0 Å². The summed E-state index contributed by atoms with van der Waals surface area (Å²) in [5, 5.41) is 29.1. The van der Waals surface area contributed by atoms with Gasteiger partial charge in [-0.05, 0) is 162 Å². The zero-order valence-corrected chi connectivity index (χ0v) is 38.4. The molecule has 2 aliphatic carbocycles. The fourth-order valence-electron chi connectivity index (χ4n) is 10.3. The van der Waals surface area contributed by atoms with Crippen molar-refractivity contribution in [3.8, 4) is 23.0 Å². The van der Waals surface area contributed by atoms with Crippen LogP contribution in [0.25, 0.3) is 0 Å². The van der Waals surface area contributed by atoms with Crippen LogP contribution in [0.4, 0.5) is 22.0 Å². The number of phenols is 2. The first-order valence-corrected chi connectivity index (χ1v) is 23.1. The Morgan fingerprint density at radius 3 is 1.77 bits per heavy atom. The summed E-state index contributed by atoms with van der Waals surface area (Å²) in [5.74, 6) is -3.84. The molecule has 5 atom stereocenters. The number of aromatic hydroxyl groups is 2. The van der Waals surface area contributed by atoms with Crippen molar-refractivity contribution in [3.05, 3.63) is 131 Å². The molecule has 0 fully saturated rings. The molecule has 0 bridgehead atoms. The number of rotatable bonds is 20. The zero-order chi connectivity index (χ0) is 47.4. The van der Waals surface area contributed by atoms with Crippen LogP contribution >= 0.6 is 0 Å². The lowest BCUT2D eigenvalue weighted by Gasteiger charge is -2.43. The number of alkyl halides is 5. The Morgan fingerprint density at radius 2 is 1.18 bits per heavy atom. The van der Waals surface area contributed by atoms with Crippen LogP contribution in [0, 0.1) is 5.92 Å². The molecule has 0 spiro atoms. The fraction of sp³-hybridized carbons (Fsp3) is 0.500. The van der Waals surface area contributed by atoms with E-state index in [0.717, 1.165) is 82.1 Å². The van der Waals surface area contributed by atoms with Crippen molar-refractivity contribution < 1.29 is 51.5 Å². The standard InChI is InChI=1S/C32H41F5O4.C22H26O2/c1-30(24-12-14-25(38)15-13-24)20-18-23-21-26(39)16-17-27(23)28(30)11-7-5-3-2-4-6-9-22(29(40)41)10-8-19-31(33,34)32(35,36)37;1-5-6-21-20-12-11-19(24-4)15-16(20)13-14-22(21,2)17-7-9-18(23-3)10-8-17/h12-17,21-22,28,38-39H,2-11,18-20H2,1H3,(H,40,41);5,7-12,15,21H,1,6,13-14H2,2-4H3/t22?,28?,30-;21?,22-/m00/s1. The smallest absolute Gasteiger partial charge is 0.453 e. The van der Waals surface area contributed by atoms with Gasteiger partial charge >= 0.3 is 18.1 Å². The number of benzene rings is 4. The van der Waals surface area contributed by atoms with Gasteiger partial charge in [-0.2, -0.15) is 22.0 Å². The molecule has 354 valence electrons. The number of ether oxygens (including phenoxy) is 2. The number of aryl methyl sites for hydroxylation is 2. The highest BCUT2D eigenvalue weighted by Crippen LogP contribution is 2.52. The van der Waals surface area contributed by atoms with Crippen molar-refractivity contribution in [2.75, 3.05) is 14.2 Å². The Labute approximate surface area is 381 Å². The normalized spacial score (nSPS) is 20.9. The second-order valence-electron chi connectivity index (χ2n) is 18.5. The van der Waals surface area contributed by atoms with E-state index in [1.165, 1.54) is 33.4 Å². The number of fused-ring (bicyclic) bond motifs is 2. The molecule has 0 saturated heterocycles. The number of methoxy groups -OCH3 is 2. The number of hydrogen-bond donors (Lipinski definition) is 3. The third-order valence-electron chi connectivity index (χ3n) is 14.4. The summed E-state index contributed by atoms with van der Waals surface area (Å²) in [6, 6.07) is 28.1. The van der Waals surface area contributed by atoms with Crippen LogP contribution in [-0.4, -0.2) is 47.6 Å². The molecular weight excluding hydrogens is 840 g/mol. The summed E-state index contributed by atoms with van der Waals surface area (Å²) in [4.78, 5) is 11.4. The van der Waals surface area contributed by atoms with Crippen molar-refractivity contribution in [2.45, 2.75) is 151 Å². The fourth-order valence-corrected chi connectivity index (χ4v) is 10.3. The zero-order valence-electron chi connectivity index (χ0n) is 38.4. The van der Waals surface area contributed by atoms with Gasteiger partial charge < -0.3 is 24.8 Å². The summed E-state index contributed by atoms with van der Waals surface area (Å²) >= 11 is 0. The van der Waals surface area contributed by atoms with E-state index in [2.05, 4.69) is 62.9 Å². The highest BCUT2D eigenvalue weighted by atomic mass is 19.4. The Kier molecular flexibility index (Phi) is 17.6. The van der Waals surface area contributed by atoms with Gasteiger partial charge in [0.2, 0.25) is 0 Å². The summed E-state index contributed by atoms with van der Waals surface area (Å²) in [7, 11) is 3.44. The Morgan fingerprint density at radius 1 is 0.692 bits per heavy atom. The lowest BCUT2D eigenvalue weighted by atomic mass is 9.60. The maximum Gasteiger partial charge on any atom is 0.453 e. The van der Waals surface area contributed by atoms with Crippen LogP contribution in [0.3, 0.4) is 0 Å². The lowest BCUT2D eigenvalue weighted by molar-refractivity contribution is -0.284. The van der Waals surface area contributed by atoms with E-state index < -0.39 is 36.8 Å². The minimum Gasteiger partial charge on any atom is -0.508 e. The van der Waals surface area contributed by atoms with Gasteiger partial charge in [-0.3, -0.25) is 4.79 Å². The molecule has 6 nitrogen and oxygen atoms in total. The molecule has 11 heteroatoms. The van der Waals surface area contributed by atoms with E-state index in [1.54, 1.807) is 32.4 Å². The summed E-state index contributed by atoms with van der Waals surface area (Å²) < 4.78 is 73.9. The monoisotopic (exact) mass is 906 g/mol. The second kappa shape index (κ2) is 22.4. The average molecular weight is 907 g/mol. The Balaban J connectivity index is 0.000000279. The van der Waals surface area contributed by atoms with E-state index in [-0.39, 0.29) is 41.1 Å². The Hall–Kier alpha value is -5.06. The minimum atomic E-state index is -5.61. The first kappa shape index (κ1) is 50.9. The lowest BCUT2D eigenvalue weighted by Crippen LogP contribution is -2.36. The molecule has 4 aromatic rings. The van der Waals surface area contributed by atoms with E-state index in [9.17, 15) is 42.1 Å². The third-order valence-corrected chi connectivity index (χ3v) is 14.4. The van der Waals surface area contributed by atoms with Crippen LogP contribution in [0.1, 0.15) is 149 Å². The predicted octanol–water partition coefficient (Wildman–Crippen LogP) is 14.5. The molecule has 3 unspecified atom stereocenters. The molecule has 0 amide bonds. The third kappa shape index (κ3) is 12.6. The van der Waals surface area contributed by atoms with Crippen LogP contribution in [0.5, 0.6) is 23.0 Å². The van der Waals surface area contributed by atoms with Gasteiger partial charge in [0, 0.05) is 6.42 Å². The van der Waals surface area contributed by atoms with Crippen molar-refractivity contribution in [1.82, 2.24) is 0 Å². The molecule has 0 aromatic heterocycles. The van der Waals surface area contributed by atoms with Crippen molar-refractivity contribution in [1.29, 1.82) is 0 Å². The summed E-state index contributed by atoms with van der Waals surface area (Å²) in [6.45, 7) is 8.66. The molecule has 6 rings (SSSR count). The van der Waals surface area contributed by atoms with Crippen molar-refractivity contribution in [3.63, 3.8) is 0 Å². The van der Waals surface area contributed by atoms with Gasteiger partial charge in [-0.15, -0.1) is 6.58 Å². The first-order valence-electron chi connectivity index (χ1n) is 23.1. The van der Waals surface area contributed by atoms with E-state index in [4.69, 9.17) is 9.47 Å². The molecule has 0 aliphatic heterocycles. The van der Waals surface area contributed by atoms with E-state index >= 15 is 0 Å². The van der Waals surface area contributed by atoms with Gasteiger partial charge in [-0.1, -0.05) is 94.8 Å². The second-order valence-corrected chi connectivity index (χ2v) is 18.5. The molecule has 0 radical (unpaired) electrons. The van der Waals surface area contributed by atoms with Gasteiger partial charge in [0.15, 0.2) is 0 Å². The number of hydrogen-bond acceptors (Lipinski definition) is 5. The molecule has 65 heavy (non-hydrogen) atoms. The van der Waals surface area contributed by atoms with Crippen LogP contribution in [-0.2, 0) is 28.5 Å². The largest absolute Gasteiger partial charge is 0.508 e. The number of carboxylic acids is 1. The topological polar surface area (TPSA) is 96.2 Å². The molecule has 4 aromatic carbocycles. The number of carbonyl (C=O) groups is 1. The van der Waals surface area contributed by atoms with Gasteiger partial charge in [-0.25, -0.2) is 0 Å². The maximum absolute atomic E-state index is 13.1. The predicted molar refractivity (Wildman–Crippen MR) is 247 cm³/mol. The molecule has 3 N–H and O–H groups in total. The number of allylic oxidation sites excluding steroid dienone is 1. The quantitative estimate of drug-likeness (QED) is 0.0464. The minimum absolute atomic E-state index is 0.0993. The first-order chi connectivity index (χ1) is 30.9. The molecular formula is C54H67F5O6. The molecule has 2 aliphatic rings. The van der Waals surface area contributed by atoms with Crippen LogP contribution in [0.2, 0.25) is 0 Å². The van der Waals surface area contributed by atoms with Gasteiger partial charge in [0.05, 0.1) is 20.1 Å². The number of phenolic OH excluding ortho intramolecular Hbond substituents is 2. The van der Waals surface area contributed by atoms with E-state index in [0.29, 0.717) is 12.3 Å². The van der Waals surface area contributed by atoms with E-state index in [1.807, 2.05) is 30.3 Å². The molecule has 0 heterocycles. The van der Waals surface area contributed by atoms with Crippen LogP contribution < -0.4 is 9.47 Å².